The Morgan fingerprint density at radius 2 is 1.60 bits per heavy atom. The van der Waals surface area contributed by atoms with Gasteiger partial charge in [0, 0.05) is 27.9 Å². The number of nitrogens with one attached hydrogen (secondary N) is 1. The Balaban J connectivity index is 1.47. The number of nitrogens with zero attached hydrogens (tertiary/aromatic N) is 1. The first-order valence-corrected chi connectivity index (χ1v) is 15.9. The lowest BCUT2D eigenvalue weighted by molar-refractivity contribution is -0.160. The monoisotopic (exact) mass is 566 g/mol. The standard InChI is InChI=1S/C37H46N2O3/c1-32(2)15-17-37(39-31(42)23-11-9-8-10-12-23)18-16-36(7)29(25(37)21-32)26(40)19-28-34(5)20-24(22-38)30(41)33(3,4)27(34)13-14-35(28,36)6/h8-12,19-20,25,27,29H,13-18,21H2,1-7H3,(H,39,42)/t25-,27+,29+,34+,35-,36-,37+/m1/s1. The van der Waals surface area contributed by atoms with Gasteiger partial charge in [-0.3, -0.25) is 14.4 Å². The summed E-state index contributed by atoms with van der Waals surface area (Å²) in [6.07, 6.45) is 10.1. The van der Waals surface area contributed by atoms with Crippen LogP contribution in [0.2, 0.25) is 0 Å². The molecular weight excluding hydrogens is 520 g/mol. The van der Waals surface area contributed by atoms with Crippen LogP contribution in [0.25, 0.3) is 0 Å². The molecule has 0 aromatic heterocycles. The topological polar surface area (TPSA) is 87.0 Å². The van der Waals surface area contributed by atoms with E-state index in [1.165, 1.54) is 0 Å². The van der Waals surface area contributed by atoms with E-state index in [1.807, 2.05) is 56.3 Å². The van der Waals surface area contributed by atoms with E-state index in [1.54, 1.807) is 0 Å². The van der Waals surface area contributed by atoms with Gasteiger partial charge >= 0.3 is 0 Å². The van der Waals surface area contributed by atoms with E-state index in [-0.39, 0.29) is 57.0 Å². The summed E-state index contributed by atoms with van der Waals surface area (Å²) in [5, 5.41) is 13.5. The van der Waals surface area contributed by atoms with Crippen molar-refractivity contribution < 1.29 is 14.4 Å². The molecule has 1 aromatic rings. The highest BCUT2D eigenvalue weighted by molar-refractivity contribution is 6.04. The van der Waals surface area contributed by atoms with Crippen molar-refractivity contribution in [1.82, 2.24) is 5.32 Å². The maximum Gasteiger partial charge on any atom is 0.251 e. The molecule has 0 heterocycles. The molecule has 0 bridgehead atoms. The van der Waals surface area contributed by atoms with Crippen molar-refractivity contribution in [2.75, 3.05) is 0 Å². The predicted molar refractivity (Wildman–Crippen MR) is 163 cm³/mol. The molecule has 5 aliphatic carbocycles. The Hall–Kier alpha value is -3.00. The Kier molecular flexibility index (Phi) is 6.24. The summed E-state index contributed by atoms with van der Waals surface area (Å²) in [6, 6.07) is 11.6. The van der Waals surface area contributed by atoms with Crippen molar-refractivity contribution in [2.24, 2.45) is 44.8 Å². The third-order valence-electron chi connectivity index (χ3n) is 13.3. The second-order valence-corrected chi connectivity index (χ2v) is 16.2. The summed E-state index contributed by atoms with van der Waals surface area (Å²) < 4.78 is 0. The van der Waals surface area contributed by atoms with E-state index in [0.717, 1.165) is 50.5 Å². The lowest BCUT2D eigenvalue weighted by Crippen LogP contribution is -2.69. The Labute approximate surface area is 251 Å². The molecule has 42 heavy (non-hydrogen) atoms. The molecule has 1 amide bonds. The number of Topliss-reactive ketones (excluding diaryl/α,β-unsaturated/α-hetero) is 1. The summed E-state index contributed by atoms with van der Waals surface area (Å²) in [5.41, 5.74) is -0.115. The van der Waals surface area contributed by atoms with Crippen LogP contribution in [0.15, 0.2) is 53.6 Å². The van der Waals surface area contributed by atoms with Gasteiger partial charge in [-0.15, -0.1) is 0 Å². The molecule has 1 aromatic carbocycles. The number of carbonyl (C=O) groups excluding carboxylic acids is 3. The first-order chi connectivity index (χ1) is 19.5. The molecular formula is C37H46N2O3. The van der Waals surface area contributed by atoms with Gasteiger partial charge in [-0.25, -0.2) is 0 Å². The van der Waals surface area contributed by atoms with Gasteiger partial charge in [-0.2, -0.15) is 5.26 Å². The van der Waals surface area contributed by atoms with Crippen LogP contribution in [-0.2, 0) is 9.59 Å². The molecule has 0 aliphatic heterocycles. The highest BCUT2D eigenvalue weighted by Crippen LogP contribution is 2.73. The van der Waals surface area contributed by atoms with Crippen molar-refractivity contribution in [3.05, 3.63) is 59.2 Å². The maximum atomic E-state index is 14.6. The van der Waals surface area contributed by atoms with Gasteiger partial charge in [0.05, 0.1) is 5.57 Å². The Morgan fingerprint density at radius 1 is 0.929 bits per heavy atom. The minimum absolute atomic E-state index is 0.0309. The van der Waals surface area contributed by atoms with Crippen molar-refractivity contribution in [2.45, 2.75) is 99.0 Å². The van der Waals surface area contributed by atoms with E-state index in [9.17, 15) is 19.6 Å². The first kappa shape index (κ1) is 29.1. The average Bonchev–Trinajstić information content (AvgIpc) is 2.93. The maximum absolute atomic E-state index is 14.6. The fourth-order valence-electron chi connectivity index (χ4n) is 10.7. The minimum Gasteiger partial charge on any atom is -0.346 e. The van der Waals surface area contributed by atoms with Crippen LogP contribution in [0.1, 0.15) is 104 Å². The van der Waals surface area contributed by atoms with Crippen LogP contribution in [0.5, 0.6) is 0 Å². The molecule has 5 nitrogen and oxygen atoms in total. The normalized spacial score (nSPS) is 41.5. The van der Waals surface area contributed by atoms with Gasteiger partial charge in [0.15, 0.2) is 11.6 Å². The second kappa shape index (κ2) is 9.01. The molecule has 0 saturated heterocycles. The number of carbonyl (C=O) groups is 3. The number of amides is 1. The summed E-state index contributed by atoms with van der Waals surface area (Å²) in [5.74, 6) is -0.101. The largest absolute Gasteiger partial charge is 0.346 e. The quantitative estimate of drug-likeness (QED) is 0.404. The van der Waals surface area contributed by atoms with E-state index >= 15 is 0 Å². The molecule has 5 heteroatoms. The fourth-order valence-corrected chi connectivity index (χ4v) is 10.7. The first-order valence-electron chi connectivity index (χ1n) is 15.9. The molecule has 1 N–H and O–H groups in total. The summed E-state index contributed by atoms with van der Waals surface area (Å²) in [6.45, 7) is 15.4. The average molecular weight is 567 g/mol. The zero-order valence-electron chi connectivity index (χ0n) is 26.4. The van der Waals surface area contributed by atoms with Crippen LogP contribution in [0.3, 0.4) is 0 Å². The summed E-state index contributed by atoms with van der Waals surface area (Å²) in [7, 11) is 0. The molecule has 0 spiro atoms. The van der Waals surface area contributed by atoms with Crippen molar-refractivity contribution in [3.8, 4) is 6.07 Å². The summed E-state index contributed by atoms with van der Waals surface area (Å²) >= 11 is 0. The third-order valence-corrected chi connectivity index (χ3v) is 13.3. The van der Waals surface area contributed by atoms with Crippen molar-refractivity contribution in [1.29, 1.82) is 5.26 Å². The van der Waals surface area contributed by atoms with Crippen LogP contribution in [0, 0.1) is 56.2 Å². The lowest BCUT2D eigenvalue weighted by atomic mass is 9.35. The molecule has 7 atom stereocenters. The number of ketones is 2. The number of hydrogen-bond acceptors (Lipinski definition) is 4. The van der Waals surface area contributed by atoms with Gasteiger partial charge in [0.1, 0.15) is 6.07 Å². The van der Waals surface area contributed by atoms with Gasteiger partial charge < -0.3 is 5.32 Å². The molecule has 0 radical (unpaired) electrons. The number of fused-ring (bicyclic) bond motifs is 7. The van der Waals surface area contributed by atoms with E-state index in [2.05, 4.69) is 46.0 Å². The fraction of sp³-hybridized carbons (Fsp3) is 0.622. The summed E-state index contributed by atoms with van der Waals surface area (Å²) in [4.78, 5) is 41.6. The second-order valence-electron chi connectivity index (χ2n) is 16.2. The number of nitriles is 1. The Bertz CT molecular complexity index is 1480. The minimum atomic E-state index is -0.672. The highest BCUT2D eigenvalue weighted by atomic mass is 16.2. The zero-order chi connectivity index (χ0) is 30.5. The van der Waals surface area contributed by atoms with Crippen LogP contribution in [-0.4, -0.2) is 23.0 Å². The van der Waals surface area contributed by atoms with Crippen molar-refractivity contribution >= 4 is 17.5 Å². The molecule has 3 saturated carbocycles. The van der Waals surface area contributed by atoms with E-state index < -0.39 is 16.4 Å². The van der Waals surface area contributed by atoms with Gasteiger partial charge in [-0.05, 0) is 91.2 Å². The van der Waals surface area contributed by atoms with Gasteiger partial charge in [0.25, 0.3) is 5.91 Å². The van der Waals surface area contributed by atoms with E-state index in [4.69, 9.17) is 0 Å². The smallest absolute Gasteiger partial charge is 0.251 e. The number of hydrogen-bond donors (Lipinski definition) is 1. The lowest BCUT2D eigenvalue weighted by Gasteiger charge is -2.69. The molecule has 5 aliphatic rings. The Morgan fingerprint density at radius 3 is 2.26 bits per heavy atom. The third kappa shape index (κ3) is 3.76. The van der Waals surface area contributed by atoms with Crippen LogP contribution < -0.4 is 5.32 Å². The number of benzene rings is 1. The van der Waals surface area contributed by atoms with E-state index in [0.29, 0.717) is 5.56 Å². The SMILES string of the molecule is CC1(C)CC[C@]2(NC(=O)c3ccccc3)CC[C@]3(C)[C@H](C(=O)C=C4[C@@]5(C)C=C(C#N)C(=O)C(C)(C)[C@@H]5CC[C@]43C)[C@H]2C1. The van der Waals surface area contributed by atoms with Gasteiger partial charge in [0.2, 0.25) is 0 Å². The predicted octanol–water partition coefficient (Wildman–Crippen LogP) is 7.39. The number of allylic oxidation sites excluding steroid dienone is 4. The number of rotatable bonds is 2. The van der Waals surface area contributed by atoms with Crippen LogP contribution >= 0.6 is 0 Å². The highest BCUT2D eigenvalue weighted by Gasteiger charge is 2.70. The van der Waals surface area contributed by atoms with Gasteiger partial charge in [-0.1, -0.05) is 78.3 Å². The van der Waals surface area contributed by atoms with Crippen LogP contribution in [0.4, 0.5) is 0 Å². The molecule has 222 valence electrons. The molecule has 6 rings (SSSR count). The molecule has 0 unspecified atom stereocenters. The van der Waals surface area contributed by atoms with Crippen molar-refractivity contribution in [3.63, 3.8) is 0 Å². The molecule has 3 fully saturated rings. The zero-order valence-corrected chi connectivity index (χ0v) is 26.4.